The van der Waals surface area contributed by atoms with Gasteiger partial charge in [-0.05, 0) is 48.7 Å². The van der Waals surface area contributed by atoms with Crippen LogP contribution in [-0.4, -0.2) is 18.2 Å². The number of carbonyl (C=O) groups is 2. The smallest absolute Gasteiger partial charge is 0.406 e. The number of nitrogens with one attached hydrogen (secondary N) is 1. The van der Waals surface area contributed by atoms with Crippen LogP contribution in [0.4, 0.5) is 24.5 Å². The van der Waals surface area contributed by atoms with Gasteiger partial charge in [0, 0.05) is 11.8 Å². The number of carbonyl (C=O) groups excluding carboxylic acids is 2. The molecule has 0 unspecified atom stereocenters. The zero-order chi connectivity index (χ0) is 24.5. The van der Waals surface area contributed by atoms with Gasteiger partial charge in [-0.1, -0.05) is 55.0 Å². The maximum atomic E-state index is 13.4. The van der Waals surface area contributed by atoms with Crippen LogP contribution >= 0.6 is 0 Å². The van der Waals surface area contributed by atoms with Crippen molar-refractivity contribution in [1.29, 1.82) is 0 Å². The van der Waals surface area contributed by atoms with E-state index >= 15 is 0 Å². The number of ether oxygens (including phenoxy) is 1. The minimum absolute atomic E-state index is 0.0300. The number of nitrogens with zero attached hydrogens (tertiary/aromatic N) is 1. The zero-order valence-electron chi connectivity index (χ0n) is 18.4. The van der Waals surface area contributed by atoms with Crippen LogP contribution in [-0.2, 0) is 16.0 Å². The van der Waals surface area contributed by atoms with E-state index in [0.29, 0.717) is 11.3 Å². The summed E-state index contributed by atoms with van der Waals surface area (Å²) in [5.74, 6) is -1.57. The van der Waals surface area contributed by atoms with Crippen molar-refractivity contribution in [2.24, 2.45) is 0 Å². The summed E-state index contributed by atoms with van der Waals surface area (Å²) in [6.45, 7) is 3.89. The molecule has 0 aromatic heterocycles. The number of alkyl halides is 3. The van der Waals surface area contributed by atoms with Crippen LogP contribution in [0.5, 0.6) is 5.75 Å². The quantitative estimate of drug-likeness (QED) is 0.463. The van der Waals surface area contributed by atoms with Gasteiger partial charge < -0.3 is 10.1 Å². The first kappa shape index (κ1) is 23.1. The minimum Gasteiger partial charge on any atom is -0.406 e. The van der Waals surface area contributed by atoms with E-state index in [0.717, 1.165) is 34.6 Å². The minimum atomic E-state index is -4.86. The Morgan fingerprint density at radius 2 is 1.59 bits per heavy atom. The molecular formula is C26H21F3N2O3. The summed E-state index contributed by atoms with van der Waals surface area (Å²) in [5.41, 5.74) is 3.22. The fourth-order valence-electron chi connectivity index (χ4n) is 3.66. The first-order valence-electron chi connectivity index (χ1n) is 10.6. The number of anilines is 2. The van der Waals surface area contributed by atoms with Crippen LogP contribution < -0.4 is 15.0 Å². The van der Waals surface area contributed by atoms with Gasteiger partial charge in [-0.25, -0.2) is 4.90 Å². The summed E-state index contributed by atoms with van der Waals surface area (Å²) in [4.78, 5) is 27.9. The molecule has 0 saturated carbocycles. The number of amides is 2. The number of hydrogen-bond donors (Lipinski definition) is 1. The van der Waals surface area contributed by atoms with Gasteiger partial charge in [-0.2, -0.15) is 0 Å². The number of hydrogen-bond acceptors (Lipinski definition) is 4. The van der Waals surface area contributed by atoms with Gasteiger partial charge in [-0.3, -0.25) is 9.59 Å². The molecule has 4 rings (SSSR count). The number of benzene rings is 3. The van der Waals surface area contributed by atoms with Crippen LogP contribution in [0.3, 0.4) is 0 Å². The van der Waals surface area contributed by atoms with Gasteiger partial charge in [0.15, 0.2) is 0 Å². The Morgan fingerprint density at radius 3 is 2.21 bits per heavy atom. The third kappa shape index (κ3) is 4.80. The fourth-order valence-corrected chi connectivity index (χ4v) is 3.66. The predicted octanol–water partition coefficient (Wildman–Crippen LogP) is 5.85. The van der Waals surface area contributed by atoms with E-state index in [2.05, 4.69) is 10.1 Å². The average molecular weight is 466 g/mol. The highest BCUT2D eigenvalue weighted by Gasteiger charge is 2.40. The van der Waals surface area contributed by atoms with Gasteiger partial charge in [-0.15, -0.1) is 13.2 Å². The molecule has 1 heterocycles. The highest BCUT2D eigenvalue weighted by atomic mass is 19.4. The Kier molecular flexibility index (Phi) is 6.15. The molecule has 3 aromatic rings. The van der Waals surface area contributed by atoms with Crippen molar-refractivity contribution in [3.63, 3.8) is 0 Å². The summed E-state index contributed by atoms with van der Waals surface area (Å²) < 4.78 is 41.9. The largest absolute Gasteiger partial charge is 0.573 e. The number of halogens is 3. The summed E-state index contributed by atoms with van der Waals surface area (Å²) >= 11 is 0. The van der Waals surface area contributed by atoms with E-state index in [1.807, 2.05) is 38.1 Å². The second-order valence-electron chi connectivity index (χ2n) is 7.78. The van der Waals surface area contributed by atoms with Crippen LogP contribution in [0.2, 0.25) is 0 Å². The molecule has 8 heteroatoms. The monoisotopic (exact) mass is 466 g/mol. The summed E-state index contributed by atoms with van der Waals surface area (Å²) in [6, 6.07) is 19.3. The van der Waals surface area contributed by atoms with Gasteiger partial charge in [0.1, 0.15) is 11.4 Å². The summed E-state index contributed by atoms with van der Waals surface area (Å²) in [7, 11) is 0. The second kappa shape index (κ2) is 9.05. The van der Waals surface area contributed by atoms with E-state index in [1.165, 1.54) is 12.1 Å². The van der Waals surface area contributed by atoms with Crippen molar-refractivity contribution in [2.45, 2.75) is 26.6 Å². The fraction of sp³-hybridized carbons (Fsp3) is 0.154. The van der Waals surface area contributed by atoms with Crippen LogP contribution in [0.15, 0.2) is 78.5 Å². The van der Waals surface area contributed by atoms with Crippen LogP contribution in [0.1, 0.15) is 23.6 Å². The zero-order valence-corrected chi connectivity index (χ0v) is 18.4. The number of imide groups is 1. The standard InChI is InChI=1S/C26H21F3N2O3/c1-3-17-9-13-20(14-10-17)31-24(32)22(18-11-7-16(2)8-12-18)23(25(31)33)30-19-5-4-6-21(15-19)34-26(27,28)29/h4-15,30H,3H2,1-2H3. The number of rotatable bonds is 6. The molecule has 0 radical (unpaired) electrons. The van der Waals surface area contributed by atoms with Crippen molar-refractivity contribution in [1.82, 2.24) is 0 Å². The Bertz CT molecular complexity index is 1260. The summed E-state index contributed by atoms with van der Waals surface area (Å²) in [5, 5.41) is 2.85. The normalized spacial score (nSPS) is 14.1. The Balaban J connectivity index is 1.75. The van der Waals surface area contributed by atoms with E-state index in [-0.39, 0.29) is 17.0 Å². The molecule has 0 spiro atoms. The first-order chi connectivity index (χ1) is 16.2. The molecule has 1 aliphatic heterocycles. The molecule has 1 aliphatic rings. The van der Waals surface area contributed by atoms with Crippen molar-refractivity contribution in [3.05, 3.63) is 95.2 Å². The van der Waals surface area contributed by atoms with E-state index in [1.54, 1.807) is 24.3 Å². The lowest BCUT2D eigenvalue weighted by Crippen LogP contribution is -2.32. The average Bonchev–Trinajstić information content (AvgIpc) is 3.03. The van der Waals surface area contributed by atoms with Gasteiger partial charge in [0.05, 0.1) is 11.3 Å². The van der Waals surface area contributed by atoms with Crippen LogP contribution in [0, 0.1) is 6.92 Å². The van der Waals surface area contributed by atoms with Crippen molar-refractivity contribution < 1.29 is 27.5 Å². The molecule has 0 aliphatic carbocycles. The Morgan fingerprint density at radius 1 is 0.912 bits per heavy atom. The molecular weight excluding hydrogens is 445 g/mol. The van der Waals surface area contributed by atoms with E-state index in [4.69, 9.17) is 0 Å². The Labute approximate surface area is 194 Å². The van der Waals surface area contributed by atoms with Gasteiger partial charge in [0.25, 0.3) is 11.8 Å². The number of aryl methyl sites for hydroxylation is 2. The maximum absolute atomic E-state index is 13.4. The van der Waals surface area contributed by atoms with Gasteiger partial charge in [0.2, 0.25) is 0 Å². The molecule has 34 heavy (non-hydrogen) atoms. The Hall–Kier alpha value is -4.07. The van der Waals surface area contributed by atoms with E-state index < -0.39 is 23.9 Å². The lowest BCUT2D eigenvalue weighted by Gasteiger charge is -2.16. The predicted molar refractivity (Wildman–Crippen MR) is 123 cm³/mol. The van der Waals surface area contributed by atoms with Gasteiger partial charge >= 0.3 is 6.36 Å². The highest BCUT2D eigenvalue weighted by molar-refractivity contribution is 6.46. The summed E-state index contributed by atoms with van der Waals surface area (Å²) in [6.07, 6.45) is -4.05. The van der Waals surface area contributed by atoms with Crippen molar-refractivity contribution in [3.8, 4) is 5.75 Å². The molecule has 2 amide bonds. The van der Waals surface area contributed by atoms with E-state index in [9.17, 15) is 22.8 Å². The van der Waals surface area contributed by atoms with Crippen molar-refractivity contribution in [2.75, 3.05) is 10.2 Å². The molecule has 174 valence electrons. The van der Waals surface area contributed by atoms with Crippen LogP contribution in [0.25, 0.3) is 5.57 Å². The molecule has 0 saturated heterocycles. The topological polar surface area (TPSA) is 58.6 Å². The first-order valence-corrected chi connectivity index (χ1v) is 10.6. The molecule has 0 bridgehead atoms. The molecule has 3 aromatic carbocycles. The molecule has 0 fully saturated rings. The third-order valence-corrected chi connectivity index (χ3v) is 5.36. The lowest BCUT2D eigenvalue weighted by molar-refractivity contribution is -0.274. The second-order valence-corrected chi connectivity index (χ2v) is 7.78. The molecule has 5 nitrogen and oxygen atoms in total. The SMILES string of the molecule is CCc1ccc(N2C(=O)C(Nc3cccc(OC(F)(F)F)c3)=C(c3ccc(C)cc3)C2=O)cc1. The lowest BCUT2D eigenvalue weighted by atomic mass is 10.0. The maximum Gasteiger partial charge on any atom is 0.573 e. The highest BCUT2D eigenvalue weighted by Crippen LogP contribution is 2.35. The van der Waals surface area contributed by atoms with Crippen molar-refractivity contribution >= 4 is 28.8 Å². The molecule has 0 atom stereocenters. The third-order valence-electron chi connectivity index (χ3n) is 5.36. The molecule has 1 N–H and O–H groups in total.